The molecule has 12 heavy (non-hydrogen) atoms. The van der Waals surface area contributed by atoms with Crippen LogP contribution in [0.5, 0.6) is 0 Å². The Morgan fingerprint density at radius 3 is 2.50 bits per heavy atom. The molecule has 0 bridgehead atoms. The van der Waals surface area contributed by atoms with Crippen molar-refractivity contribution >= 4 is 0 Å². The van der Waals surface area contributed by atoms with Crippen LogP contribution in [0.15, 0.2) is 9.32 Å². The fourth-order valence-corrected chi connectivity index (χ4v) is 0.786. The Hall–Kier alpha value is -1.10. The van der Waals surface area contributed by atoms with E-state index in [0.717, 1.165) is 0 Å². The first-order chi connectivity index (χ1) is 5.41. The number of rotatable bonds is 1. The monoisotopic (exact) mass is 171 g/mol. The zero-order valence-electron chi connectivity index (χ0n) is 7.42. The summed E-state index contributed by atoms with van der Waals surface area (Å²) in [5.41, 5.74) is 5.65. The van der Waals surface area contributed by atoms with Crippen LogP contribution in [0.3, 0.4) is 0 Å². The Labute approximate surface area is 69.9 Å². The second-order valence-electron chi connectivity index (χ2n) is 3.82. The van der Waals surface area contributed by atoms with E-state index in [-0.39, 0.29) is 11.5 Å². The average molecular weight is 171 g/mol. The van der Waals surface area contributed by atoms with Crippen LogP contribution in [0.1, 0.15) is 32.6 Å². The van der Waals surface area contributed by atoms with Crippen molar-refractivity contribution in [1.82, 2.24) is 10.1 Å². The van der Waals surface area contributed by atoms with Gasteiger partial charge < -0.3 is 5.73 Å². The summed E-state index contributed by atoms with van der Waals surface area (Å²) < 4.78 is 4.34. The zero-order valence-corrected chi connectivity index (χ0v) is 7.42. The molecule has 0 aliphatic carbocycles. The summed E-state index contributed by atoms with van der Waals surface area (Å²) >= 11 is 0. The van der Waals surface area contributed by atoms with E-state index in [2.05, 4.69) is 14.7 Å². The summed E-state index contributed by atoms with van der Waals surface area (Å²) in [7, 11) is 0. The molecule has 1 heterocycles. The number of hydrogen-bond donors (Lipinski definition) is 2. The number of nitrogens with zero attached hydrogens (tertiary/aromatic N) is 1. The normalized spacial score (nSPS) is 14.7. The number of H-pyrrole nitrogens is 1. The van der Waals surface area contributed by atoms with Gasteiger partial charge in [-0.3, -0.25) is 9.51 Å². The molecule has 1 aromatic rings. The van der Waals surface area contributed by atoms with E-state index in [1.54, 1.807) is 0 Å². The summed E-state index contributed by atoms with van der Waals surface area (Å²) in [5.74, 6) is -0.169. The Kier molecular flexibility index (Phi) is 2.06. The van der Waals surface area contributed by atoms with Crippen LogP contribution < -0.4 is 11.5 Å². The van der Waals surface area contributed by atoms with Gasteiger partial charge in [-0.2, -0.15) is 0 Å². The van der Waals surface area contributed by atoms with Gasteiger partial charge in [-0.05, 0) is 5.41 Å². The van der Waals surface area contributed by atoms with E-state index >= 15 is 0 Å². The van der Waals surface area contributed by atoms with E-state index in [1.165, 1.54) is 0 Å². The van der Waals surface area contributed by atoms with Gasteiger partial charge in [-0.15, -0.1) is 0 Å². The van der Waals surface area contributed by atoms with Gasteiger partial charge in [0.1, 0.15) is 0 Å². The van der Waals surface area contributed by atoms with E-state index < -0.39 is 5.76 Å². The zero-order chi connectivity index (χ0) is 9.35. The Bertz CT molecular complexity index is 307. The first kappa shape index (κ1) is 8.99. The molecular weight excluding hydrogens is 158 g/mol. The third-order valence-corrected chi connectivity index (χ3v) is 1.68. The molecule has 5 heteroatoms. The molecule has 0 saturated carbocycles. The highest BCUT2D eigenvalue weighted by Gasteiger charge is 2.25. The predicted molar refractivity (Wildman–Crippen MR) is 43.5 cm³/mol. The lowest BCUT2D eigenvalue weighted by atomic mass is 9.87. The topological polar surface area (TPSA) is 84.9 Å². The fraction of sp³-hybridized carbons (Fsp3) is 0.714. The van der Waals surface area contributed by atoms with Gasteiger partial charge in [0.2, 0.25) is 0 Å². The maximum absolute atomic E-state index is 10.6. The summed E-state index contributed by atoms with van der Waals surface area (Å²) in [6, 6.07) is -0.316. The Morgan fingerprint density at radius 1 is 1.58 bits per heavy atom. The molecule has 0 aromatic carbocycles. The molecule has 68 valence electrons. The van der Waals surface area contributed by atoms with E-state index in [1.807, 2.05) is 20.8 Å². The summed E-state index contributed by atoms with van der Waals surface area (Å²) in [5, 5.41) is 3.51. The first-order valence-corrected chi connectivity index (χ1v) is 3.73. The standard InChI is InChI=1S/C7H13N3O2/c1-7(2,3)4(8)5-9-6(11)12-10-5/h4H,8H2,1-3H3,(H,9,10,11)/t4-/m1/s1. The van der Waals surface area contributed by atoms with Gasteiger partial charge in [-0.25, -0.2) is 4.79 Å². The van der Waals surface area contributed by atoms with Crippen LogP contribution in [0.25, 0.3) is 0 Å². The number of hydrogen-bond acceptors (Lipinski definition) is 4. The highest BCUT2D eigenvalue weighted by Crippen LogP contribution is 2.27. The molecule has 1 aromatic heterocycles. The van der Waals surface area contributed by atoms with Crippen LogP contribution >= 0.6 is 0 Å². The van der Waals surface area contributed by atoms with Gasteiger partial charge in [0.05, 0.1) is 6.04 Å². The maximum atomic E-state index is 10.6. The summed E-state index contributed by atoms with van der Waals surface area (Å²) in [6.07, 6.45) is 0. The quantitative estimate of drug-likeness (QED) is 0.640. The molecule has 0 amide bonds. The largest absolute Gasteiger partial charge is 0.438 e. The molecule has 0 aliphatic rings. The van der Waals surface area contributed by atoms with E-state index in [4.69, 9.17) is 5.73 Å². The Balaban J connectivity index is 2.92. The fourth-order valence-electron chi connectivity index (χ4n) is 0.786. The molecule has 0 unspecified atom stereocenters. The van der Waals surface area contributed by atoms with Crippen molar-refractivity contribution < 1.29 is 4.52 Å². The van der Waals surface area contributed by atoms with Crippen LogP contribution in [-0.2, 0) is 0 Å². The maximum Gasteiger partial charge on any atom is 0.438 e. The minimum Gasteiger partial charge on any atom is -0.321 e. The van der Waals surface area contributed by atoms with Crippen molar-refractivity contribution in [3.63, 3.8) is 0 Å². The molecule has 5 nitrogen and oxygen atoms in total. The van der Waals surface area contributed by atoms with Crippen molar-refractivity contribution in [1.29, 1.82) is 0 Å². The summed E-state index contributed by atoms with van der Waals surface area (Å²) in [4.78, 5) is 13.0. The van der Waals surface area contributed by atoms with Gasteiger partial charge >= 0.3 is 5.76 Å². The molecule has 0 saturated heterocycles. The van der Waals surface area contributed by atoms with Gasteiger partial charge in [0.25, 0.3) is 0 Å². The lowest BCUT2D eigenvalue weighted by Gasteiger charge is -2.23. The number of nitrogens with two attached hydrogens (primary N) is 1. The smallest absolute Gasteiger partial charge is 0.321 e. The SMILES string of the molecule is CC(C)(C)[C@H](N)c1noc(=O)[nH]1. The van der Waals surface area contributed by atoms with Gasteiger partial charge in [0, 0.05) is 0 Å². The average Bonchev–Trinajstić information content (AvgIpc) is 2.32. The molecule has 1 rings (SSSR count). The molecule has 0 radical (unpaired) electrons. The second-order valence-corrected chi connectivity index (χ2v) is 3.82. The van der Waals surface area contributed by atoms with E-state index in [9.17, 15) is 4.79 Å². The third kappa shape index (κ3) is 1.73. The minimum absolute atomic E-state index is 0.139. The van der Waals surface area contributed by atoms with Crippen molar-refractivity contribution in [2.45, 2.75) is 26.8 Å². The lowest BCUT2D eigenvalue weighted by Crippen LogP contribution is -2.27. The molecular formula is C7H13N3O2. The van der Waals surface area contributed by atoms with Crippen molar-refractivity contribution in [2.24, 2.45) is 11.1 Å². The highest BCUT2D eigenvalue weighted by atomic mass is 16.5. The molecule has 3 N–H and O–H groups in total. The first-order valence-electron chi connectivity index (χ1n) is 3.73. The van der Waals surface area contributed by atoms with Crippen molar-refractivity contribution in [3.8, 4) is 0 Å². The van der Waals surface area contributed by atoms with Crippen molar-refractivity contribution in [2.75, 3.05) is 0 Å². The second kappa shape index (κ2) is 2.75. The number of aromatic nitrogens is 2. The third-order valence-electron chi connectivity index (χ3n) is 1.68. The highest BCUT2D eigenvalue weighted by molar-refractivity contribution is 4.94. The predicted octanol–water partition coefficient (Wildman–Crippen LogP) is 0.409. The lowest BCUT2D eigenvalue weighted by molar-refractivity contribution is 0.301. The van der Waals surface area contributed by atoms with Gasteiger partial charge in [-0.1, -0.05) is 25.9 Å². The van der Waals surface area contributed by atoms with E-state index in [0.29, 0.717) is 5.82 Å². The van der Waals surface area contributed by atoms with Crippen molar-refractivity contribution in [3.05, 3.63) is 16.4 Å². The van der Waals surface area contributed by atoms with Gasteiger partial charge in [0.15, 0.2) is 5.82 Å². The molecule has 0 aliphatic heterocycles. The Morgan fingerprint density at radius 2 is 2.17 bits per heavy atom. The molecule has 1 atom stereocenters. The number of nitrogens with one attached hydrogen (secondary N) is 1. The van der Waals surface area contributed by atoms with Crippen LogP contribution in [-0.4, -0.2) is 10.1 Å². The minimum atomic E-state index is -0.565. The number of aromatic amines is 1. The molecule has 0 fully saturated rings. The molecule has 0 spiro atoms. The van der Waals surface area contributed by atoms with Crippen LogP contribution in [0.2, 0.25) is 0 Å². The summed E-state index contributed by atoms with van der Waals surface area (Å²) in [6.45, 7) is 5.89. The van der Waals surface area contributed by atoms with Crippen LogP contribution in [0, 0.1) is 5.41 Å². The van der Waals surface area contributed by atoms with Crippen LogP contribution in [0.4, 0.5) is 0 Å².